The van der Waals surface area contributed by atoms with Gasteiger partial charge in [0.2, 0.25) is 17.7 Å². The summed E-state index contributed by atoms with van der Waals surface area (Å²) in [7, 11) is -8.06. The number of benzene rings is 3. The lowest BCUT2D eigenvalue weighted by Gasteiger charge is -2.17. The van der Waals surface area contributed by atoms with Gasteiger partial charge in [0, 0.05) is 54.6 Å². The Kier molecular flexibility index (Phi) is 18.6. The Hall–Kier alpha value is -4.74. The van der Waals surface area contributed by atoms with Crippen molar-refractivity contribution in [3.05, 3.63) is 89.5 Å². The second-order valence-corrected chi connectivity index (χ2v) is 21.9. The highest BCUT2D eigenvalue weighted by Gasteiger charge is 2.42. The van der Waals surface area contributed by atoms with Gasteiger partial charge in [0.05, 0.1) is 39.3 Å². The number of amides is 5. The maximum atomic E-state index is 13.8. The van der Waals surface area contributed by atoms with E-state index in [-0.39, 0.29) is 57.6 Å². The van der Waals surface area contributed by atoms with Gasteiger partial charge in [-0.2, -0.15) is 11.8 Å². The number of rotatable bonds is 26. The first kappa shape index (κ1) is 49.3. The largest absolute Gasteiger partial charge is 0.356 e. The number of carbonyl (C=O) groups excluding carboxylic acids is 5. The molecular weight excluding hydrogens is 863 g/mol. The predicted molar refractivity (Wildman–Crippen MR) is 246 cm³/mol. The number of hydrogen-bond donors (Lipinski definition) is 5. The molecule has 2 aliphatic rings. The third-order valence-electron chi connectivity index (χ3n) is 11.3. The molecule has 3 aromatic carbocycles. The Balaban J connectivity index is 0.937. The summed E-state index contributed by atoms with van der Waals surface area (Å²) >= 11 is 1.88. The summed E-state index contributed by atoms with van der Waals surface area (Å²) < 4.78 is 53.7. The van der Waals surface area contributed by atoms with Crippen LogP contribution in [-0.2, 0) is 34.1 Å². The Bertz CT molecular complexity index is 2180. The van der Waals surface area contributed by atoms with Crippen LogP contribution in [0, 0.1) is 19.8 Å². The normalized spacial score (nSPS) is 17.1. The molecule has 14 nitrogen and oxygen atoms in total. The Morgan fingerprint density at radius 1 is 0.635 bits per heavy atom. The molecule has 0 spiro atoms. The van der Waals surface area contributed by atoms with Crippen LogP contribution in [0.3, 0.4) is 0 Å². The van der Waals surface area contributed by atoms with Crippen molar-refractivity contribution in [1.82, 2.24) is 21.3 Å². The summed E-state index contributed by atoms with van der Waals surface area (Å²) in [5.41, 5.74) is 2.27. The van der Waals surface area contributed by atoms with Crippen molar-refractivity contribution >= 4 is 66.7 Å². The van der Waals surface area contributed by atoms with E-state index in [0.717, 1.165) is 68.2 Å². The predicted octanol–water partition coefficient (Wildman–Crippen LogP) is 6.07. The second-order valence-electron chi connectivity index (χ2n) is 16.6. The summed E-state index contributed by atoms with van der Waals surface area (Å²) in [6, 6.07) is 18.6. The number of carbonyl (C=O) groups is 5. The van der Waals surface area contributed by atoms with Crippen LogP contribution in [0.5, 0.6) is 0 Å². The van der Waals surface area contributed by atoms with E-state index in [1.807, 2.05) is 25.6 Å². The number of thioether (sulfide) groups is 1. The number of Topliss-reactive ketones (excluding diaryl/α,β-unsaturated/α-hetero) is 1. The van der Waals surface area contributed by atoms with E-state index in [0.29, 0.717) is 43.3 Å². The molecule has 5 N–H and O–H groups in total. The van der Waals surface area contributed by atoms with E-state index in [4.69, 9.17) is 0 Å². The minimum Gasteiger partial charge on any atom is -0.356 e. The lowest BCUT2D eigenvalue weighted by molar-refractivity contribution is -0.122. The van der Waals surface area contributed by atoms with E-state index in [9.17, 15) is 40.8 Å². The molecule has 2 saturated heterocycles. The first-order chi connectivity index (χ1) is 30.1. The van der Waals surface area contributed by atoms with Gasteiger partial charge >= 0.3 is 6.03 Å². The Morgan fingerprint density at radius 2 is 1.13 bits per heavy atom. The standard InChI is InChI=1S/C46H61N5O9S3/c1-32-15-23-37(24-16-32)62(57,58)30-35(31-63(59,60)38-25-17-33(2)18-26-38)45(55)34-19-21-36(22-20-34)49-43(54)14-6-4-10-28-47-41(52)12-5-3-9-27-48-42(53)13-8-7-11-40-44-39(29-61-40)50-46(56)51-44/h15-26,35,39-40,44H,3-14,27-31H2,1-2H3,(H,47,52)(H,48,53)(H,49,54)(H2,50,51,56). The van der Waals surface area contributed by atoms with Crippen LogP contribution in [0.15, 0.2) is 82.6 Å². The first-order valence-electron chi connectivity index (χ1n) is 21.8. The van der Waals surface area contributed by atoms with Crippen molar-refractivity contribution in [3.8, 4) is 0 Å². The summed E-state index contributed by atoms with van der Waals surface area (Å²) in [5.74, 6) is -2.69. The van der Waals surface area contributed by atoms with E-state index in [1.165, 1.54) is 48.5 Å². The average Bonchev–Trinajstić information content (AvgIpc) is 3.80. The zero-order valence-electron chi connectivity index (χ0n) is 36.2. The van der Waals surface area contributed by atoms with Gasteiger partial charge in [-0.25, -0.2) is 21.6 Å². The number of nitrogens with one attached hydrogen (secondary N) is 5. The number of hydrogen-bond acceptors (Lipinski definition) is 10. The quantitative estimate of drug-likeness (QED) is 0.0356. The van der Waals surface area contributed by atoms with Crippen LogP contribution in [0.1, 0.15) is 98.5 Å². The number of ketones is 1. The van der Waals surface area contributed by atoms with Gasteiger partial charge in [-0.05, 0) is 101 Å². The van der Waals surface area contributed by atoms with Gasteiger partial charge in [-0.3, -0.25) is 19.2 Å². The van der Waals surface area contributed by atoms with Crippen molar-refractivity contribution < 1.29 is 40.8 Å². The summed E-state index contributed by atoms with van der Waals surface area (Å²) in [6.45, 7) is 4.74. The molecule has 0 radical (unpaired) electrons. The molecule has 17 heteroatoms. The summed E-state index contributed by atoms with van der Waals surface area (Å²) in [4.78, 5) is 62.5. The fraction of sp³-hybridized carbons (Fsp3) is 0.500. The van der Waals surface area contributed by atoms with Crippen LogP contribution in [-0.4, -0.2) is 94.1 Å². The molecule has 2 heterocycles. The topological polar surface area (TPSA) is 214 Å². The molecule has 3 atom stereocenters. The molecule has 2 fully saturated rings. The number of aryl methyl sites for hydroxylation is 2. The second kappa shape index (κ2) is 23.8. The molecule has 342 valence electrons. The summed E-state index contributed by atoms with van der Waals surface area (Å²) in [5, 5.41) is 15.0. The van der Waals surface area contributed by atoms with Crippen molar-refractivity contribution in [3.63, 3.8) is 0 Å². The van der Waals surface area contributed by atoms with Gasteiger partial charge in [0.1, 0.15) is 0 Å². The lowest BCUT2D eigenvalue weighted by Crippen LogP contribution is -2.36. The van der Waals surface area contributed by atoms with Gasteiger partial charge in [-0.1, -0.05) is 54.7 Å². The number of anilines is 1. The highest BCUT2D eigenvalue weighted by atomic mass is 32.2. The molecule has 3 unspecified atom stereocenters. The van der Waals surface area contributed by atoms with E-state index < -0.39 is 42.9 Å². The maximum Gasteiger partial charge on any atom is 0.315 e. The minimum atomic E-state index is -4.03. The Labute approximate surface area is 376 Å². The van der Waals surface area contributed by atoms with Crippen molar-refractivity contribution in [1.29, 1.82) is 0 Å². The molecule has 3 aromatic rings. The molecule has 63 heavy (non-hydrogen) atoms. The van der Waals surface area contributed by atoms with Gasteiger partial charge < -0.3 is 26.6 Å². The lowest BCUT2D eigenvalue weighted by atomic mass is 10.0. The van der Waals surface area contributed by atoms with Gasteiger partial charge in [0.15, 0.2) is 25.5 Å². The van der Waals surface area contributed by atoms with Crippen molar-refractivity contribution in [2.75, 3.05) is 35.7 Å². The molecular formula is C46H61N5O9S3. The van der Waals surface area contributed by atoms with E-state index in [2.05, 4.69) is 26.6 Å². The third kappa shape index (κ3) is 15.8. The van der Waals surface area contributed by atoms with Gasteiger partial charge in [-0.15, -0.1) is 0 Å². The number of urea groups is 1. The molecule has 0 saturated carbocycles. The van der Waals surface area contributed by atoms with Crippen LogP contribution < -0.4 is 26.6 Å². The minimum absolute atomic E-state index is 0.000163. The van der Waals surface area contributed by atoms with Crippen molar-refractivity contribution in [2.45, 2.75) is 118 Å². The molecule has 0 bridgehead atoms. The molecule has 0 aromatic heterocycles. The highest BCUT2D eigenvalue weighted by Crippen LogP contribution is 2.33. The SMILES string of the molecule is Cc1ccc(S(=O)(=O)CC(CS(=O)(=O)c2ccc(C)cc2)C(=O)c2ccc(NC(=O)CCCCCNC(=O)CCCCCNC(=O)CCCCC3SCC4NC(=O)NC43)cc2)cc1. The molecule has 2 aliphatic heterocycles. The Morgan fingerprint density at radius 3 is 1.65 bits per heavy atom. The van der Waals surface area contributed by atoms with E-state index >= 15 is 0 Å². The monoisotopic (exact) mass is 923 g/mol. The zero-order valence-corrected chi connectivity index (χ0v) is 38.6. The summed E-state index contributed by atoms with van der Waals surface area (Å²) in [6.07, 6.45) is 8.34. The smallest absolute Gasteiger partial charge is 0.315 e. The number of fused-ring (bicyclic) bond motifs is 1. The van der Waals surface area contributed by atoms with Crippen LogP contribution in [0.25, 0.3) is 0 Å². The van der Waals surface area contributed by atoms with E-state index in [1.54, 1.807) is 24.3 Å². The zero-order chi connectivity index (χ0) is 45.4. The number of sulfone groups is 2. The molecule has 0 aliphatic carbocycles. The maximum absolute atomic E-state index is 13.8. The average molecular weight is 924 g/mol. The first-order valence-corrected chi connectivity index (χ1v) is 26.2. The third-order valence-corrected chi connectivity index (χ3v) is 16.5. The van der Waals surface area contributed by atoms with Crippen LogP contribution in [0.2, 0.25) is 0 Å². The van der Waals surface area contributed by atoms with Crippen molar-refractivity contribution in [2.24, 2.45) is 5.92 Å². The fourth-order valence-corrected chi connectivity index (χ4v) is 12.4. The highest BCUT2D eigenvalue weighted by molar-refractivity contribution is 8.00. The van der Waals surface area contributed by atoms with Crippen LogP contribution >= 0.6 is 11.8 Å². The van der Waals surface area contributed by atoms with Crippen LogP contribution in [0.4, 0.5) is 10.5 Å². The van der Waals surface area contributed by atoms with Gasteiger partial charge in [0.25, 0.3) is 0 Å². The molecule has 5 amide bonds. The fourth-order valence-electron chi connectivity index (χ4n) is 7.67. The molecule has 5 rings (SSSR count). The number of unbranched alkanes of at least 4 members (excludes halogenated alkanes) is 5.